The number of benzene rings is 1. The van der Waals surface area contributed by atoms with Crippen LogP contribution in [0.5, 0.6) is 0 Å². The third-order valence-electron chi connectivity index (χ3n) is 5.66. The van der Waals surface area contributed by atoms with Gasteiger partial charge in [-0.25, -0.2) is 0 Å². The van der Waals surface area contributed by atoms with Gasteiger partial charge >= 0.3 is 7.12 Å². The van der Waals surface area contributed by atoms with Crippen molar-refractivity contribution in [1.82, 2.24) is 4.72 Å². The zero-order valence-electron chi connectivity index (χ0n) is 18.2. The zero-order valence-corrected chi connectivity index (χ0v) is 19.0. The fraction of sp³-hybridized carbons (Fsp3) is 0.714. The number of hydrogen-bond acceptors (Lipinski definition) is 4. The molecule has 0 aliphatic carbocycles. The Bertz CT molecular complexity index is 602. The Balaban J connectivity index is 2.15. The van der Waals surface area contributed by atoms with E-state index in [0.29, 0.717) is 0 Å². The lowest BCUT2D eigenvalue weighted by molar-refractivity contribution is 0.00578. The molecule has 6 heteroatoms. The van der Waals surface area contributed by atoms with Crippen molar-refractivity contribution in [2.45, 2.75) is 96.0 Å². The van der Waals surface area contributed by atoms with E-state index >= 15 is 0 Å². The van der Waals surface area contributed by atoms with Gasteiger partial charge in [-0.2, -0.15) is 0 Å². The lowest BCUT2D eigenvalue weighted by Crippen LogP contribution is -2.61. The van der Waals surface area contributed by atoms with Crippen LogP contribution in [0, 0.1) is 0 Å². The second kappa shape index (κ2) is 8.07. The van der Waals surface area contributed by atoms with Crippen molar-refractivity contribution in [2.24, 2.45) is 0 Å². The van der Waals surface area contributed by atoms with Crippen molar-refractivity contribution in [2.75, 3.05) is 0 Å². The van der Waals surface area contributed by atoms with Gasteiger partial charge in [0.05, 0.1) is 16.6 Å². The van der Waals surface area contributed by atoms with Crippen LogP contribution in [0.3, 0.4) is 0 Å². The third kappa shape index (κ3) is 5.51. The maximum absolute atomic E-state index is 12.9. The van der Waals surface area contributed by atoms with E-state index in [1.54, 1.807) is 0 Å². The molecule has 2 atom stereocenters. The van der Waals surface area contributed by atoms with Gasteiger partial charge < -0.3 is 13.9 Å². The van der Waals surface area contributed by atoms with Crippen LogP contribution < -0.4 is 4.72 Å². The van der Waals surface area contributed by atoms with Gasteiger partial charge in [0.15, 0.2) is 0 Å². The summed E-state index contributed by atoms with van der Waals surface area (Å²) in [5.74, 6) is 0. The summed E-state index contributed by atoms with van der Waals surface area (Å²) in [5.41, 5.74) is -0.0597. The molecule has 0 spiro atoms. The predicted octanol–water partition coefficient (Wildman–Crippen LogP) is 4.45. The van der Waals surface area contributed by atoms with Gasteiger partial charge in [0, 0.05) is 11.4 Å². The molecule has 1 aromatic carbocycles. The zero-order chi connectivity index (χ0) is 20.5. The summed E-state index contributed by atoms with van der Waals surface area (Å²) < 4.78 is 28.5. The number of nitrogens with one attached hydrogen (secondary N) is 1. The van der Waals surface area contributed by atoms with E-state index in [1.807, 2.05) is 26.8 Å². The molecule has 1 aliphatic heterocycles. The van der Waals surface area contributed by atoms with Crippen molar-refractivity contribution in [3.8, 4) is 0 Å². The second-order valence-electron chi connectivity index (χ2n) is 9.83. The molecule has 0 bridgehead atoms. The van der Waals surface area contributed by atoms with Crippen LogP contribution in [0.25, 0.3) is 0 Å². The van der Waals surface area contributed by atoms with E-state index in [-0.39, 0.29) is 4.75 Å². The first kappa shape index (κ1) is 22.8. The quantitative estimate of drug-likeness (QED) is 0.549. The first-order valence-corrected chi connectivity index (χ1v) is 11.0. The molecule has 1 saturated heterocycles. The Hall–Kier alpha value is -0.525. The molecule has 2 rings (SSSR count). The first-order valence-electron chi connectivity index (χ1n) is 9.86. The Morgan fingerprint density at radius 3 is 2.00 bits per heavy atom. The minimum atomic E-state index is -1.21. The maximum Gasteiger partial charge on any atom is 0.483 e. The Kier molecular flexibility index (Phi) is 6.81. The van der Waals surface area contributed by atoms with E-state index in [1.165, 1.54) is 5.56 Å². The Morgan fingerprint density at radius 2 is 1.52 bits per heavy atom. The van der Waals surface area contributed by atoms with Gasteiger partial charge in [0.2, 0.25) is 0 Å². The fourth-order valence-corrected chi connectivity index (χ4v) is 3.92. The third-order valence-corrected chi connectivity index (χ3v) is 7.42. The molecule has 4 nitrogen and oxygen atoms in total. The molecule has 0 aromatic heterocycles. The average molecular weight is 393 g/mol. The standard InChI is InChI=1S/C21H36BNO3S/c1-18(2,3)27(24)23-21(8,16-12-15-17-13-10-9-11-14-17)22-25-19(4,5)20(6,7)26-22/h9-11,13-14,23H,12,15-16H2,1-8H3. The van der Waals surface area contributed by atoms with Crippen molar-refractivity contribution in [1.29, 1.82) is 0 Å². The van der Waals surface area contributed by atoms with Gasteiger partial charge in [-0.3, -0.25) is 0 Å². The maximum atomic E-state index is 12.9. The lowest BCUT2D eigenvalue weighted by Gasteiger charge is -2.36. The van der Waals surface area contributed by atoms with Crippen molar-refractivity contribution < 1.29 is 13.9 Å². The van der Waals surface area contributed by atoms with Gasteiger partial charge in [0.1, 0.15) is 4.75 Å². The largest absolute Gasteiger partial charge is 0.598 e. The topological polar surface area (TPSA) is 53.5 Å². The molecular weight excluding hydrogens is 357 g/mol. The first-order chi connectivity index (χ1) is 12.3. The van der Waals surface area contributed by atoms with Crippen LogP contribution in [-0.2, 0) is 27.1 Å². The van der Waals surface area contributed by atoms with Gasteiger partial charge in [-0.05, 0) is 80.2 Å². The molecule has 152 valence electrons. The summed E-state index contributed by atoms with van der Waals surface area (Å²) in [6.07, 6.45) is 2.74. The fourth-order valence-electron chi connectivity index (χ4n) is 2.99. The van der Waals surface area contributed by atoms with Crippen LogP contribution in [0.4, 0.5) is 0 Å². The number of aryl methyl sites for hydroxylation is 1. The van der Waals surface area contributed by atoms with Gasteiger partial charge in [0.25, 0.3) is 0 Å². The second-order valence-corrected chi connectivity index (χ2v) is 11.8. The molecule has 0 radical (unpaired) electrons. The molecule has 0 saturated carbocycles. The molecular formula is C21H36BNO3S. The van der Waals surface area contributed by atoms with E-state index in [2.05, 4.69) is 63.6 Å². The van der Waals surface area contributed by atoms with E-state index in [0.717, 1.165) is 19.3 Å². The minimum Gasteiger partial charge on any atom is -0.598 e. The molecule has 1 heterocycles. The summed E-state index contributed by atoms with van der Waals surface area (Å²) in [6.45, 7) is 16.2. The molecule has 0 amide bonds. The van der Waals surface area contributed by atoms with Gasteiger partial charge in [-0.15, -0.1) is 4.72 Å². The Labute approximate surface area is 169 Å². The highest BCUT2D eigenvalue weighted by Crippen LogP contribution is 2.41. The van der Waals surface area contributed by atoms with Crippen LogP contribution in [0.1, 0.15) is 73.8 Å². The highest BCUT2D eigenvalue weighted by molar-refractivity contribution is 7.90. The summed E-state index contributed by atoms with van der Waals surface area (Å²) >= 11 is -1.21. The van der Waals surface area contributed by atoms with E-state index in [9.17, 15) is 4.55 Å². The van der Waals surface area contributed by atoms with Crippen molar-refractivity contribution >= 4 is 18.5 Å². The molecule has 1 aliphatic rings. The van der Waals surface area contributed by atoms with Crippen LogP contribution in [-0.4, -0.2) is 33.1 Å². The molecule has 2 unspecified atom stereocenters. The van der Waals surface area contributed by atoms with E-state index < -0.39 is 35.1 Å². The SMILES string of the molecule is CC(CCCc1ccccc1)(N[S+]([O-])C(C)(C)C)B1OC(C)(C)C(C)(C)O1. The highest BCUT2D eigenvalue weighted by Gasteiger charge is 2.59. The summed E-state index contributed by atoms with van der Waals surface area (Å²) in [4.78, 5) is 0. The smallest absolute Gasteiger partial charge is 0.483 e. The monoisotopic (exact) mass is 393 g/mol. The number of hydrogen-bond donors (Lipinski definition) is 1. The summed E-state index contributed by atoms with van der Waals surface area (Å²) in [5, 5.41) is 0. The highest BCUT2D eigenvalue weighted by atomic mass is 32.2. The molecule has 27 heavy (non-hydrogen) atoms. The van der Waals surface area contributed by atoms with Crippen LogP contribution >= 0.6 is 0 Å². The van der Waals surface area contributed by atoms with Gasteiger partial charge in [-0.1, -0.05) is 30.3 Å². The number of rotatable bonds is 7. The van der Waals surface area contributed by atoms with Crippen molar-refractivity contribution in [3.63, 3.8) is 0 Å². The van der Waals surface area contributed by atoms with E-state index in [4.69, 9.17) is 9.31 Å². The summed E-state index contributed by atoms with van der Waals surface area (Å²) in [7, 11) is -0.454. The molecule has 1 fully saturated rings. The normalized spacial score (nSPS) is 22.5. The molecule has 1 N–H and O–H groups in total. The predicted molar refractivity (Wildman–Crippen MR) is 115 cm³/mol. The average Bonchev–Trinajstić information content (AvgIpc) is 2.76. The van der Waals surface area contributed by atoms with Crippen LogP contribution in [0.15, 0.2) is 30.3 Å². The molecule has 1 aromatic rings. The summed E-state index contributed by atoms with van der Waals surface area (Å²) in [6, 6.07) is 10.5. The Morgan fingerprint density at radius 1 is 1.00 bits per heavy atom. The van der Waals surface area contributed by atoms with Crippen LogP contribution in [0.2, 0.25) is 0 Å². The van der Waals surface area contributed by atoms with Crippen molar-refractivity contribution in [3.05, 3.63) is 35.9 Å². The lowest BCUT2D eigenvalue weighted by atomic mass is 9.63. The minimum absolute atomic E-state index is 0.357.